The van der Waals surface area contributed by atoms with Gasteiger partial charge in [-0.25, -0.2) is 4.98 Å². The van der Waals surface area contributed by atoms with Gasteiger partial charge in [-0.1, -0.05) is 12.1 Å². The molecule has 1 unspecified atom stereocenters. The fourth-order valence-corrected chi connectivity index (χ4v) is 3.59. The highest BCUT2D eigenvalue weighted by molar-refractivity contribution is 5.48. The van der Waals surface area contributed by atoms with Crippen LogP contribution >= 0.6 is 0 Å². The zero-order chi connectivity index (χ0) is 26.1. The van der Waals surface area contributed by atoms with E-state index < -0.39 is 30.7 Å². The third-order valence-electron chi connectivity index (χ3n) is 5.41. The summed E-state index contributed by atoms with van der Waals surface area (Å²) in [4.78, 5) is 7.94. The van der Waals surface area contributed by atoms with Crippen LogP contribution in [0.3, 0.4) is 0 Å². The molecular formula is C23H29F3N4O. The molecule has 8 heteroatoms. The zero-order valence-electron chi connectivity index (χ0n) is 22.1. The van der Waals surface area contributed by atoms with Crippen molar-refractivity contribution in [3.8, 4) is 0 Å². The van der Waals surface area contributed by atoms with E-state index in [1.165, 1.54) is 23.2 Å². The molecule has 2 fully saturated rings. The lowest BCUT2D eigenvalue weighted by atomic mass is 9.96. The number of likely N-dealkylation sites (tertiary alicyclic amines) is 1. The third-order valence-corrected chi connectivity index (χ3v) is 5.41. The molecule has 0 aliphatic carbocycles. The fourth-order valence-electron chi connectivity index (χ4n) is 3.59. The highest BCUT2D eigenvalue weighted by Crippen LogP contribution is 2.29. The van der Waals surface area contributed by atoms with E-state index in [1.54, 1.807) is 12.1 Å². The van der Waals surface area contributed by atoms with E-state index in [1.807, 2.05) is 0 Å². The minimum absolute atomic E-state index is 0.109. The number of hydrogen-bond acceptors (Lipinski definition) is 5. The van der Waals surface area contributed by atoms with Gasteiger partial charge in [-0.05, 0) is 61.6 Å². The van der Waals surface area contributed by atoms with Crippen molar-refractivity contribution in [2.24, 2.45) is 5.92 Å². The van der Waals surface area contributed by atoms with Crippen molar-refractivity contribution in [2.45, 2.75) is 25.6 Å². The van der Waals surface area contributed by atoms with E-state index in [2.05, 4.69) is 9.88 Å². The van der Waals surface area contributed by atoms with Crippen molar-refractivity contribution in [3.05, 3.63) is 53.7 Å². The molecule has 2 aliphatic rings. The summed E-state index contributed by atoms with van der Waals surface area (Å²) in [6, 6.07) is 8.01. The van der Waals surface area contributed by atoms with Gasteiger partial charge < -0.3 is 14.9 Å². The standard InChI is InChI=1S/C23H29F3N4O/c24-23(25,26)20-3-1-19(2-4-20)17-29-9-7-18(8-10-29)15-27-21-5-6-22(28-16-21)30-11-13-31-14-12-30/h1-6,16,18,27H,7-15,17H2/i9D2,15D2/hD. The molecule has 0 amide bonds. The summed E-state index contributed by atoms with van der Waals surface area (Å²) in [5.74, 6) is -0.0447. The topological polar surface area (TPSA) is 40.6 Å². The summed E-state index contributed by atoms with van der Waals surface area (Å²) < 4.78 is 86.5. The van der Waals surface area contributed by atoms with Crippen LogP contribution in [-0.2, 0) is 17.5 Å². The maximum atomic E-state index is 12.8. The largest absolute Gasteiger partial charge is 0.416 e. The van der Waals surface area contributed by atoms with Crippen LogP contribution in [0.15, 0.2) is 42.6 Å². The maximum Gasteiger partial charge on any atom is 0.416 e. The number of hydrogen-bond donors (Lipinski definition) is 1. The summed E-state index contributed by atoms with van der Waals surface area (Å²) in [5, 5.41) is 0.759. The summed E-state index contributed by atoms with van der Waals surface area (Å²) >= 11 is 0. The van der Waals surface area contributed by atoms with Crippen LogP contribution in [0.4, 0.5) is 24.7 Å². The van der Waals surface area contributed by atoms with Crippen LogP contribution < -0.4 is 10.2 Å². The number of nitrogens with one attached hydrogen (secondary N) is 1. The highest BCUT2D eigenvalue weighted by atomic mass is 19.4. The van der Waals surface area contributed by atoms with Crippen LogP contribution in [0, 0.1) is 5.92 Å². The van der Waals surface area contributed by atoms with E-state index in [0.29, 0.717) is 38.3 Å². The van der Waals surface area contributed by atoms with Crippen LogP contribution in [0.2, 0.25) is 1.41 Å². The highest BCUT2D eigenvalue weighted by Gasteiger charge is 2.30. The number of benzene rings is 1. The quantitative estimate of drug-likeness (QED) is 0.728. The van der Waals surface area contributed by atoms with E-state index in [0.717, 1.165) is 23.3 Å². The SMILES string of the molecule is [2H]N(c1ccc(N2CCOCC2)nc1)C([2H])([2H])C1CCN(Cc2ccc(C(F)(F)F)cc2)C([2H])([2H])C1. The molecule has 2 aliphatic heterocycles. The minimum Gasteiger partial charge on any atom is -0.384 e. The second-order valence-corrected chi connectivity index (χ2v) is 7.68. The van der Waals surface area contributed by atoms with Gasteiger partial charge in [-0.3, -0.25) is 4.90 Å². The van der Waals surface area contributed by atoms with Gasteiger partial charge in [0.1, 0.15) is 5.82 Å². The van der Waals surface area contributed by atoms with Gasteiger partial charge in [0.05, 0.1) is 30.7 Å². The van der Waals surface area contributed by atoms with Crippen LogP contribution in [0.5, 0.6) is 0 Å². The number of morpholine rings is 1. The molecule has 1 aromatic heterocycles. The van der Waals surface area contributed by atoms with Crippen molar-refractivity contribution in [1.82, 2.24) is 9.88 Å². The van der Waals surface area contributed by atoms with Crippen LogP contribution in [0.1, 0.15) is 29.5 Å². The van der Waals surface area contributed by atoms with Gasteiger partial charge >= 0.3 is 6.18 Å². The molecule has 5 nitrogen and oxygen atoms in total. The zero-order valence-corrected chi connectivity index (χ0v) is 17.1. The Morgan fingerprint density at radius 1 is 1.13 bits per heavy atom. The summed E-state index contributed by atoms with van der Waals surface area (Å²) in [7, 11) is 0. The lowest BCUT2D eigenvalue weighted by Gasteiger charge is -2.32. The van der Waals surface area contributed by atoms with Gasteiger partial charge in [0, 0.05) is 31.6 Å². The number of piperidine rings is 1. The molecule has 0 saturated carbocycles. The second-order valence-electron chi connectivity index (χ2n) is 7.68. The van der Waals surface area contributed by atoms with E-state index >= 15 is 0 Å². The summed E-state index contributed by atoms with van der Waals surface area (Å²) in [6.45, 7) is -1.10. The smallest absolute Gasteiger partial charge is 0.384 e. The Hall–Kier alpha value is -2.32. The Morgan fingerprint density at radius 2 is 1.90 bits per heavy atom. The normalized spacial score (nSPS) is 25.1. The number of pyridine rings is 1. The molecule has 1 atom stereocenters. The Balaban J connectivity index is 1.40. The van der Waals surface area contributed by atoms with Crippen molar-refractivity contribution in [1.29, 1.82) is 0 Å². The molecule has 31 heavy (non-hydrogen) atoms. The van der Waals surface area contributed by atoms with Gasteiger partial charge in [0.15, 0.2) is 1.41 Å². The Kier molecular flexibility index (Phi) is 5.20. The molecule has 4 rings (SSSR count). The molecule has 0 spiro atoms. The lowest BCUT2D eigenvalue weighted by molar-refractivity contribution is -0.137. The first-order valence-corrected chi connectivity index (χ1v) is 10.4. The van der Waals surface area contributed by atoms with Gasteiger partial charge in [0.2, 0.25) is 0 Å². The van der Waals surface area contributed by atoms with E-state index in [9.17, 15) is 13.2 Å². The molecule has 1 N–H and O–H groups in total. The third kappa shape index (κ3) is 6.11. The van der Waals surface area contributed by atoms with E-state index in [4.69, 9.17) is 11.6 Å². The molecule has 0 radical (unpaired) electrons. The fraction of sp³-hybridized carbons (Fsp3) is 0.522. The minimum atomic E-state index is -4.43. The van der Waals surface area contributed by atoms with Crippen molar-refractivity contribution in [2.75, 3.05) is 56.1 Å². The number of aromatic nitrogens is 1. The monoisotopic (exact) mass is 439 g/mol. The lowest BCUT2D eigenvalue weighted by Crippen LogP contribution is -2.36. The average molecular weight is 440 g/mol. The number of alkyl halides is 3. The average Bonchev–Trinajstić information content (AvgIpc) is 2.85. The van der Waals surface area contributed by atoms with Crippen LogP contribution in [0.25, 0.3) is 0 Å². The molecule has 2 aromatic rings. The Labute approximate surface area is 188 Å². The molecular weight excluding hydrogens is 405 g/mol. The van der Waals surface area contributed by atoms with E-state index in [-0.39, 0.29) is 25.2 Å². The van der Waals surface area contributed by atoms with Crippen LogP contribution in [-0.4, -0.2) is 55.7 Å². The van der Waals surface area contributed by atoms with Gasteiger partial charge in [-0.15, -0.1) is 0 Å². The molecule has 168 valence electrons. The maximum absolute atomic E-state index is 12.8. The number of anilines is 2. The predicted octanol–water partition coefficient (Wildman–Crippen LogP) is 4.26. The molecule has 0 bridgehead atoms. The molecule has 2 saturated heterocycles. The van der Waals surface area contributed by atoms with Crippen molar-refractivity contribution >= 4 is 11.5 Å². The summed E-state index contributed by atoms with van der Waals surface area (Å²) in [5.41, 5.74) is 0.0517. The first-order chi connectivity index (χ1) is 16.9. The molecule has 1 aromatic carbocycles. The molecule has 3 heterocycles. The first kappa shape index (κ1) is 16.3. The Morgan fingerprint density at radius 3 is 2.55 bits per heavy atom. The van der Waals surface area contributed by atoms with Crippen molar-refractivity contribution in [3.63, 3.8) is 0 Å². The summed E-state index contributed by atoms with van der Waals surface area (Å²) in [6.07, 6.45) is -2.85. The predicted molar refractivity (Wildman–Crippen MR) is 115 cm³/mol. The second kappa shape index (κ2) is 9.87. The van der Waals surface area contributed by atoms with Crippen molar-refractivity contribution < 1.29 is 24.8 Å². The first-order valence-electron chi connectivity index (χ1n) is 12.8. The Bertz CT molecular complexity index is 1020. The number of ether oxygens (including phenoxy) is 1. The van der Waals surface area contributed by atoms with Gasteiger partial charge in [-0.2, -0.15) is 13.2 Å². The van der Waals surface area contributed by atoms with Gasteiger partial charge in [0.25, 0.3) is 0 Å². The number of rotatable bonds is 6. The number of halogens is 3. The number of nitrogens with zero attached hydrogens (tertiary/aromatic N) is 3.